The Balaban J connectivity index is 2.08. The van der Waals surface area contributed by atoms with Gasteiger partial charge in [0.15, 0.2) is 0 Å². The molecule has 0 spiro atoms. The predicted molar refractivity (Wildman–Crippen MR) is 76.3 cm³/mol. The number of hydrogen-bond donors (Lipinski definition) is 2. The van der Waals surface area contributed by atoms with Gasteiger partial charge in [-0.15, -0.1) is 0 Å². The number of fused-ring (bicyclic) bond motifs is 1. The van der Waals surface area contributed by atoms with Crippen molar-refractivity contribution in [2.24, 2.45) is 16.6 Å². The second-order valence-electron chi connectivity index (χ2n) is 4.92. The van der Waals surface area contributed by atoms with Crippen LogP contribution < -0.4 is 11.1 Å². The molecule has 0 bridgehead atoms. The van der Waals surface area contributed by atoms with Gasteiger partial charge >= 0.3 is 0 Å². The molecule has 1 aromatic rings. The molecule has 2 aliphatic rings. The molecule has 6 nitrogen and oxygen atoms in total. The molecule has 2 aliphatic heterocycles. The Kier molecular flexibility index (Phi) is 3.43. The van der Waals surface area contributed by atoms with E-state index < -0.39 is 11.8 Å². The molecule has 2 heterocycles. The number of benzene rings is 1. The fourth-order valence-corrected chi connectivity index (χ4v) is 2.58. The van der Waals surface area contributed by atoms with E-state index in [-0.39, 0.29) is 23.4 Å². The molecule has 2 atom stereocenters. The van der Waals surface area contributed by atoms with Crippen molar-refractivity contribution in [3.63, 3.8) is 0 Å². The zero-order chi connectivity index (χ0) is 14.8. The highest BCUT2D eigenvalue weighted by molar-refractivity contribution is 6.06. The van der Waals surface area contributed by atoms with Crippen molar-refractivity contribution in [1.29, 1.82) is 0 Å². The summed E-state index contributed by atoms with van der Waals surface area (Å²) in [5.41, 5.74) is 6.37. The van der Waals surface area contributed by atoms with Crippen molar-refractivity contribution >= 4 is 17.7 Å². The second kappa shape index (κ2) is 5.40. The highest BCUT2D eigenvalue weighted by atomic mass is 16.5. The van der Waals surface area contributed by atoms with Gasteiger partial charge in [0.2, 0.25) is 11.8 Å². The molecule has 0 aliphatic carbocycles. The van der Waals surface area contributed by atoms with E-state index in [0.29, 0.717) is 13.2 Å². The van der Waals surface area contributed by atoms with E-state index in [1.165, 1.54) is 0 Å². The number of carbonyl (C=O) groups excluding carboxylic acids is 2. The average molecular weight is 285 g/mol. The van der Waals surface area contributed by atoms with E-state index >= 15 is 0 Å². The first kappa shape index (κ1) is 13.4. The summed E-state index contributed by atoms with van der Waals surface area (Å²) < 4.78 is 5.53. The maximum atomic E-state index is 12.3. The lowest BCUT2D eigenvalue weighted by molar-refractivity contribution is -0.123. The van der Waals surface area contributed by atoms with Crippen LogP contribution >= 0.6 is 0 Å². The molecule has 1 fully saturated rings. The molecular formula is C15H15N3O3. The Bertz CT molecular complexity index is 637. The van der Waals surface area contributed by atoms with Crippen LogP contribution in [-0.4, -0.2) is 30.9 Å². The van der Waals surface area contributed by atoms with Crippen molar-refractivity contribution in [3.8, 4) is 0 Å². The minimum Gasteiger partial charge on any atom is -0.478 e. The molecule has 108 valence electrons. The van der Waals surface area contributed by atoms with Gasteiger partial charge < -0.3 is 15.8 Å². The highest BCUT2D eigenvalue weighted by Crippen LogP contribution is 2.33. The lowest BCUT2D eigenvalue weighted by atomic mass is 9.82. The Hall–Kier alpha value is -2.63. The number of amides is 2. The van der Waals surface area contributed by atoms with Gasteiger partial charge in [0.05, 0.1) is 6.54 Å². The minimum absolute atomic E-state index is 0.129. The average Bonchev–Trinajstić information content (AvgIpc) is 2.69. The SMILES string of the molecule is NC(=O)C1=CC(c2ccccc2)C2C(=O)NCCOC2=N1. The maximum absolute atomic E-state index is 12.3. The monoisotopic (exact) mass is 285 g/mol. The molecular weight excluding hydrogens is 270 g/mol. The molecule has 1 saturated heterocycles. The molecule has 0 saturated carbocycles. The normalized spacial score (nSPS) is 24.7. The molecule has 0 aromatic heterocycles. The lowest BCUT2D eigenvalue weighted by Crippen LogP contribution is -2.38. The Morgan fingerprint density at radius 2 is 2.10 bits per heavy atom. The molecule has 21 heavy (non-hydrogen) atoms. The van der Waals surface area contributed by atoms with Gasteiger partial charge in [-0.3, -0.25) is 9.59 Å². The van der Waals surface area contributed by atoms with Gasteiger partial charge in [0.1, 0.15) is 18.2 Å². The number of nitrogens with two attached hydrogens (primary N) is 1. The number of carbonyl (C=O) groups is 2. The lowest BCUT2D eigenvalue weighted by Gasteiger charge is -2.26. The van der Waals surface area contributed by atoms with Gasteiger partial charge in [0.25, 0.3) is 5.91 Å². The van der Waals surface area contributed by atoms with Crippen molar-refractivity contribution in [2.45, 2.75) is 5.92 Å². The first-order chi connectivity index (χ1) is 10.2. The van der Waals surface area contributed by atoms with E-state index in [1.54, 1.807) is 6.08 Å². The summed E-state index contributed by atoms with van der Waals surface area (Å²) in [4.78, 5) is 27.9. The molecule has 1 aromatic carbocycles. The largest absolute Gasteiger partial charge is 0.478 e. The van der Waals surface area contributed by atoms with Gasteiger partial charge in [-0.2, -0.15) is 0 Å². The van der Waals surface area contributed by atoms with Crippen LogP contribution in [0.2, 0.25) is 0 Å². The van der Waals surface area contributed by atoms with Crippen molar-refractivity contribution in [1.82, 2.24) is 5.32 Å². The first-order valence-electron chi connectivity index (χ1n) is 6.72. The number of allylic oxidation sites excluding steroid dienone is 1. The third-order valence-corrected chi connectivity index (χ3v) is 3.56. The van der Waals surface area contributed by atoms with Crippen LogP contribution in [0.3, 0.4) is 0 Å². The molecule has 3 rings (SSSR count). The summed E-state index contributed by atoms with van der Waals surface area (Å²) in [5.74, 6) is -1.41. The number of nitrogens with one attached hydrogen (secondary N) is 1. The van der Waals surface area contributed by atoms with E-state index in [4.69, 9.17) is 10.5 Å². The third kappa shape index (κ3) is 2.52. The Morgan fingerprint density at radius 1 is 1.33 bits per heavy atom. The third-order valence-electron chi connectivity index (χ3n) is 3.56. The van der Waals surface area contributed by atoms with Crippen LogP contribution in [0.4, 0.5) is 0 Å². The summed E-state index contributed by atoms with van der Waals surface area (Å²) in [7, 11) is 0. The van der Waals surface area contributed by atoms with Gasteiger partial charge in [0, 0.05) is 5.92 Å². The van der Waals surface area contributed by atoms with Crippen LogP contribution in [0.25, 0.3) is 0 Å². The summed E-state index contributed by atoms with van der Waals surface area (Å²) >= 11 is 0. The van der Waals surface area contributed by atoms with E-state index in [1.807, 2.05) is 30.3 Å². The van der Waals surface area contributed by atoms with Gasteiger partial charge in [-0.05, 0) is 11.6 Å². The van der Waals surface area contributed by atoms with Crippen LogP contribution in [0.5, 0.6) is 0 Å². The van der Waals surface area contributed by atoms with Crippen LogP contribution in [0.15, 0.2) is 47.1 Å². The fraction of sp³-hybridized carbons (Fsp3) is 0.267. The van der Waals surface area contributed by atoms with Gasteiger partial charge in [-0.1, -0.05) is 30.3 Å². The van der Waals surface area contributed by atoms with Crippen molar-refractivity contribution in [3.05, 3.63) is 47.7 Å². The van der Waals surface area contributed by atoms with Crippen LogP contribution in [-0.2, 0) is 14.3 Å². The predicted octanol–water partition coefficient (Wildman–Crippen LogP) is 0.314. The first-order valence-corrected chi connectivity index (χ1v) is 6.72. The van der Waals surface area contributed by atoms with Crippen LogP contribution in [0.1, 0.15) is 11.5 Å². The fourth-order valence-electron chi connectivity index (χ4n) is 2.58. The molecule has 6 heteroatoms. The molecule has 3 N–H and O–H groups in total. The van der Waals surface area contributed by atoms with E-state index in [0.717, 1.165) is 5.56 Å². The van der Waals surface area contributed by atoms with Crippen molar-refractivity contribution in [2.75, 3.05) is 13.2 Å². The smallest absolute Gasteiger partial charge is 0.267 e. The number of ether oxygens (including phenoxy) is 1. The summed E-state index contributed by atoms with van der Waals surface area (Å²) in [6, 6.07) is 9.47. The zero-order valence-electron chi connectivity index (χ0n) is 11.3. The molecule has 0 radical (unpaired) electrons. The summed E-state index contributed by atoms with van der Waals surface area (Å²) in [5, 5.41) is 2.80. The molecule has 2 amide bonds. The number of aliphatic imine (C=N–C) groups is 1. The minimum atomic E-state index is -0.630. The quantitative estimate of drug-likeness (QED) is 0.819. The van der Waals surface area contributed by atoms with E-state index in [2.05, 4.69) is 10.3 Å². The Labute approximate surface area is 121 Å². The van der Waals surface area contributed by atoms with Crippen LogP contribution in [0, 0.1) is 5.92 Å². The Morgan fingerprint density at radius 3 is 2.81 bits per heavy atom. The number of nitrogens with zero attached hydrogens (tertiary/aromatic N) is 1. The summed E-state index contributed by atoms with van der Waals surface area (Å²) in [6.45, 7) is 0.746. The topological polar surface area (TPSA) is 93.8 Å². The molecule has 2 unspecified atom stereocenters. The summed E-state index contributed by atoms with van der Waals surface area (Å²) in [6.07, 6.45) is 1.64. The standard InChI is InChI=1S/C15H15N3O3/c16-13(19)11-8-10(9-4-2-1-3-5-9)12-14(20)17-6-7-21-15(12)18-11/h1-5,8,10,12H,6-7H2,(H2,16,19)(H,17,20). The number of primary amides is 1. The zero-order valence-corrected chi connectivity index (χ0v) is 11.3. The second-order valence-corrected chi connectivity index (χ2v) is 4.92. The van der Waals surface area contributed by atoms with E-state index in [9.17, 15) is 9.59 Å². The van der Waals surface area contributed by atoms with Gasteiger partial charge in [-0.25, -0.2) is 4.99 Å². The number of rotatable bonds is 2. The van der Waals surface area contributed by atoms with Crippen molar-refractivity contribution < 1.29 is 14.3 Å². The maximum Gasteiger partial charge on any atom is 0.267 e. The number of hydrogen-bond acceptors (Lipinski definition) is 4. The highest BCUT2D eigenvalue weighted by Gasteiger charge is 2.39.